The first-order chi connectivity index (χ1) is 12.4. The van der Waals surface area contributed by atoms with E-state index in [9.17, 15) is 22.6 Å². The maximum absolute atomic E-state index is 12.3. The maximum Gasteiger partial charge on any atom is 0.271 e. The Balaban J connectivity index is 1.67. The fraction of sp³-hybridized carbons (Fsp3) is 0.222. The third-order valence-corrected chi connectivity index (χ3v) is 5.37. The number of carbonyl (C=O) groups is 2. The van der Waals surface area contributed by atoms with Crippen LogP contribution in [0.2, 0.25) is 0 Å². The highest BCUT2D eigenvalue weighted by molar-refractivity contribution is 7.86. The molecule has 1 heterocycles. The molecule has 0 radical (unpaired) electrons. The van der Waals surface area contributed by atoms with Crippen molar-refractivity contribution in [3.05, 3.63) is 65.7 Å². The zero-order valence-electron chi connectivity index (χ0n) is 13.7. The molecular formula is C18H17NO6S. The average molecular weight is 375 g/mol. The molecule has 7 nitrogen and oxygen atoms in total. The van der Waals surface area contributed by atoms with Gasteiger partial charge in [-0.3, -0.25) is 19.0 Å². The smallest absolute Gasteiger partial charge is 0.271 e. The monoisotopic (exact) mass is 375 g/mol. The Morgan fingerprint density at radius 2 is 1.46 bits per heavy atom. The van der Waals surface area contributed by atoms with Crippen LogP contribution in [0.5, 0.6) is 5.75 Å². The highest BCUT2D eigenvalue weighted by atomic mass is 32.2. The number of benzene rings is 2. The summed E-state index contributed by atoms with van der Waals surface area (Å²) in [6, 6.07) is 15.0. The van der Waals surface area contributed by atoms with E-state index in [0.29, 0.717) is 16.9 Å². The van der Waals surface area contributed by atoms with Crippen LogP contribution in [0, 0.1) is 0 Å². The Kier molecular flexibility index (Phi) is 5.06. The summed E-state index contributed by atoms with van der Waals surface area (Å²) >= 11 is 0. The molecule has 2 amide bonds. The normalized spacial score (nSPS) is 15.0. The Morgan fingerprint density at radius 3 is 2.00 bits per heavy atom. The van der Waals surface area contributed by atoms with Crippen LogP contribution in [0.25, 0.3) is 0 Å². The minimum atomic E-state index is -4.40. The molecular weight excluding hydrogens is 358 g/mol. The van der Waals surface area contributed by atoms with Crippen molar-refractivity contribution in [3.8, 4) is 5.75 Å². The molecule has 2 aromatic rings. The van der Waals surface area contributed by atoms with E-state index >= 15 is 0 Å². The average Bonchev–Trinajstić information content (AvgIpc) is 2.86. The van der Waals surface area contributed by atoms with Gasteiger partial charge in [-0.25, -0.2) is 0 Å². The lowest BCUT2D eigenvalue weighted by Crippen LogP contribution is -2.36. The van der Waals surface area contributed by atoms with E-state index in [-0.39, 0.29) is 19.6 Å². The van der Waals surface area contributed by atoms with Crippen molar-refractivity contribution < 1.29 is 27.3 Å². The molecule has 0 aromatic heterocycles. The van der Waals surface area contributed by atoms with Crippen LogP contribution in [-0.4, -0.2) is 48.1 Å². The van der Waals surface area contributed by atoms with E-state index in [2.05, 4.69) is 0 Å². The van der Waals surface area contributed by atoms with Crippen LogP contribution < -0.4 is 4.74 Å². The Labute approximate surface area is 150 Å². The molecule has 0 aliphatic carbocycles. The number of hydrogen-bond donors (Lipinski definition) is 1. The molecule has 0 saturated carbocycles. The molecule has 26 heavy (non-hydrogen) atoms. The van der Waals surface area contributed by atoms with Gasteiger partial charge in [0.05, 0.1) is 11.1 Å². The molecule has 0 bridgehead atoms. The van der Waals surface area contributed by atoms with Crippen LogP contribution in [-0.2, 0) is 10.1 Å². The van der Waals surface area contributed by atoms with Gasteiger partial charge in [-0.1, -0.05) is 30.3 Å². The minimum absolute atomic E-state index is 0.128. The number of para-hydroxylation sites is 1. The van der Waals surface area contributed by atoms with Gasteiger partial charge in [-0.2, -0.15) is 8.42 Å². The lowest BCUT2D eigenvalue weighted by molar-refractivity contribution is 0.0649. The number of fused-ring (bicyclic) bond motifs is 1. The van der Waals surface area contributed by atoms with Gasteiger partial charge < -0.3 is 4.74 Å². The Bertz CT molecular complexity index is 891. The molecule has 0 saturated heterocycles. The predicted octanol–water partition coefficient (Wildman–Crippen LogP) is 2.01. The number of imide groups is 1. The number of hydrogen-bond acceptors (Lipinski definition) is 5. The molecule has 1 N–H and O–H groups in total. The van der Waals surface area contributed by atoms with Crippen molar-refractivity contribution in [2.75, 3.05) is 13.2 Å². The van der Waals surface area contributed by atoms with Gasteiger partial charge in [0.1, 0.15) is 17.6 Å². The SMILES string of the molecule is O=C1c2ccccc2C(=O)N1CCC(COc1ccccc1)S(=O)(=O)O. The van der Waals surface area contributed by atoms with Crippen LogP contribution in [0.3, 0.4) is 0 Å². The zero-order chi connectivity index (χ0) is 18.7. The number of nitrogens with zero attached hydrogens (tertiary/aromatic N) is 1. The van der Waals surface area contributed by atoms with E-state index in [1.54, 1.807) is 54.6 Å². The number of rotatable bonds is 7. The van der Waals surface area contributed by atoms with Crippen molar-refractivity contribution >= 4 is 21.9 Å². The summed E-state index contributed by atoms with van der Waals surface area (Å²) in [4.78, 5) is 25.6. The van der Waals surface area contributed by atoms with Crippen molar-refractivity contribution in [2.45, 2.75) is 11.7 Å². The highest BCUT2D eigenvalue weighted by Crippen LogP contribution is 2.23. The number of amides is 2. The van der Waals surface area contributed by atoms with Crippen LogP contribution >= 0.6 is 0 Å². The van der Waals surface area contributed by atoms with Crippen molar-refractivity contribution in [1.82, 2.24) is 4.90 Å². The number of ether oxygens (including phenoxy) is 1. The summed E-state index contributed by atoms with van der Waals surface area (Å²) in [7, 11) is -4.40. The summed E-state index contributed by atoms with van der Waals surface area (Å²) < 4.78 is 38.1. The molecule has 136 valence electrons. The van der Waals surface area contributed by atoms with Crippen molar-refractivity contribution in [1.29, 1.82) is 0 Å². The minimum Gasteiger partial charge on any atom is -0.492 e. The van der Waals surface area contributed by atoms with E-state index in [1.807, 2.05) is 0 Å². The molecule has 1 atom stereocenters. The van der Waals surface area contributed by atoms with Gasteiger partial charge in [0.15, 0.2) is 0 Å². The van der Waals surface area contributed by atoms with Crippen LogP contribution in [0.15, 0.2) is 54.6 Å². The molecule has 1 aliphatic heterocycles. The third-order valence-electron chi connectivity index (χ3n) is 4.15. The molecule has 1 unspecified atom stereocenters. The quantitative estimate of drug-likeness (QED) is 0.587. The van der Waals surface area contributed by atoms with Gasteiger partial charge in [0, 0.05) is 6.54 Å². The Hall–Kier alpha value is -2.71. The fourth-order valence-corrected chi connectivity index (χ4v) is 3.38. The third kappa shape index (κ3) is 3.76. The Morgan fingerprint density at radius 1 is 0.923 bits per heavy atom. The van der Waals surface area contributed by atoms with Gasteiger partial charge in [-0.05, 0) is 30.7 Å². The van der Waals surface area contributed by atoms with Gasteiger partial charge in [0.25, 0.3) is 21.9 Å². The second-order valence-electron chi connectivity index (χ2n) is 5.86. The molecule has 0 spiro atoms. The second-order valence-corrected chi connectivity index (χ2v) is 7.55. The van der Waals surface area contributed by atoms with E-state index < -0.39 is 27.2 Å². The first-order valence-electron chi connectivity index (χ1n) is 7.97. The summed E-state index contributed by atoms with van der Waals surface area (Å²) in [5.74, 6) is -0.478. The first-order valence-corrected chi connectivity index (χ1v) is 9.47. The zero-order valence-corrected chi connectivity index (χ0v) is 14.6. The van der Waals surface area contributed by atoms with Gasteiger partial charge in [-0.15, -0.1) is 0 Å². The van der Waals surface area contributed by atoms with Gasteiger partial charge in [0.2, 0.25) is 0 Å². The van der Waals surface area contributed by atoms with Crippen molar-refractivity contribution in [3.63, 3.8) is 0 Å². The van der Waals surface area contributed by atoms with Crippen LogP contribution in [0.4, 0.5) is 0 Å². The van der Waals surface area contributed by atoms with E-state index in [1.165, 1.54) is 0 Å². The standard InChI is InChI=1S/C18H17NO6S/c20-17-15-8-4-5-9-16(15)18(21)19(17)11-10-14(26(22,23)24)12-25-13-6-2-1-3-7-13/h1-9,14H,10-12H2,(H,22,23,24). The largest absolute Gasteiger partial charge is 0.492 e. The summed E-state index contributed by atoms with van der Waals surface area (Å²) in [5, 5.41) is -1.26. The molecule has 1 aliphatic rings. The summed E-state index contributed by atoms with van der Waals surface area (Å²) in [6.07, 6.45) is -0.128. The fourth-order valence-electron chi connectivity index (χ4n) is 2.74. The first kappa shape index (κ1) is 18.1. The molecule has 3 rings (SSSR count). The molecule has 8 heteroatoms. The second kappa shape index (κ2) is 7.27. The van der Waals surface area contributed by atoms with E-state index in [4.69, 9.17) is 4.74 Å². The van der Waals surface area contributed by atoms with Crippen molar-refractivity contribution in [2.24, 2.45) is 0 Å². The van der Waals surface area contributed by atoms with E-state index in [0.717, 1.165) is 4.90 Å². The predicted molar refractivity (Wildman–Crippen MR) is 93.7 cm³/mol. The number of carbonyl (C=O) groups excluding carboxylic acids is 2. The molecule has 2 aromatic carbocycles. The molecule has 0 fully saturated rings. The lowest BCUT2D eigenvalue weighted by atomic mass is 10.1. The lowest BCUT2D eigenvalue weighted by Gasteiger charge is -2.19. The van der Waals surface area contributed by atoms with Crippen LogP contribution in [0.1, 0.15) is 27.1 Å². The summed E-state index contributed by atoms with van der Waals surface area (Å²) in [5.41, 5.74) is 0.586. The topological polar surface area (TPSA) is 101 Å². The van der Waals surface area contributed by atoms with Gasteiger partial charge >= 0.3 is 0 Å². The summed E-state index contributed by atoms with van der Waals surface area (Å²) in [6.45, 7) is -0.416. The maximum atomic E-state index is 12.3. The highest BCUT2D eigenvalue weighted by Gasteiger charge is 2.36.